The zero-order valence-corrected chi connectivity index (χ0v) is 12.9. The number of aromatic nitrogens is 4. The first-order valence-electron chi connectivity index (χ1n) is 5.88. The minimum absolute atomic E-state index is 0.343. The molecule has 0 aliphatic heterocycles. The number of carboxylic acids is 1. The van der Waals surface area contributed by atoms with Gasteiger partial charge in [-0.3, -0.25) is 4.79 Å². The summed E-state index contributed by atoms with van der Waals surface area (Å²) in [5.74, 6) is -1.48. The molecule has 6 nitrogen and oxygen atoms in total. The highest BCUT2D eigenvalue weighted by Gasteiger charge is 2.25. The molecule has 1 heterocycles. The van der Waals surface area contributed by atoms with E-state index in [9.17, 15) is 9.18 Å². The van der Waals surface area contributed by atoms with Crippen molar-refractivity contribution in [2.45, 2.75) is 19.9 Å². The van der Waals surface area contributed by atoms with Gasteiger partial charge in [-0.15, -0.1) is 5.10 Å². The number of aliphatic carboxylic acids is 1. The SMILES string of the molecule is CC(C(=O)O)C(C)n1nnnc1-c1ccc(F)cc1I. The Bertz CT molecular complexity index is 646. The fourth-order valence-electron chi connectivity index (χ4n) is 1.73. The van der Waals surface area contributed by atoms with E-state index >= 15 is 0 Å². The van der Waals surface area contributed by atoms with Crippen molar-refractivity contribution < 1.29 is 14.3 Å². The molecule has 2 rings (SSSR count). The van der Waals surface area contributed by atoms with Crippen molar-refractivity contribution in [2.24, 2.45) is 5.92 Å². The number of hydrogen-bond acceptors (Lipinski definition) is 4. The van der Waals surface area contributed by atoms with Crippen molar-refractivity contribution in [1.29, 1.82) is 0 Å². The molecule has 2 unspecified atom stereocenters. The van der Waals surface area contributed by atoms with Gasteiger partial charge in [0.2, 0.25) is 0 Å². The number of carboxylic acid groups (broad SMARTS) is 1. The molecule has 106 valence electrons. The van der Waals surface area contributed by atoms with Gasteiger partial charge >= 0.3 is 5.97 Å². The van der Waals surface area contributed by atoms with Gasteiger partial charge < -0.3 is 5.11 Å². The Kier molecular flexibility index (Phi) is 4.31. The Labute approximate surface area is 128 Å². The van der Waals surface area contributed by atoms with E-state index in [1.807, 2.05) is 22.6 Å². The second kappa shape index (κ2) is 5.81. The van der Waals surface area contributed by atoms with Crippen LogP contribution >= 0.6 is 22.6 Å². The fourth-order valence-corrected chi connectivity index (χ4v) is 2.45. The zero-order chi connectivity index (χ0) is 14.9. The topological polar surface area (TPSA) is 80.9 Å². The third-order valence-electron chi connectivity index (χ3n) is 3.16. The van der Waals surface area contributed by atoms with Crippen molar-refractivity contribution in [3.63, 3.8) is 0 Å². The first-order chi connectivity index (χ1) is 9.41. The van der Waals surface area contributed by atoms with Crippen LogP contribution in [0.4, 0.5) is 4.39 Å². The maximum Gasteiger partial charge on any atom is 0.308 e. The number of rotatable bonds is 4. The highest BCUT2D eigenvalue weighted by molar-refractivity contribution is 14.1. The molecule has 0 saturated heterocycles. The smallest absolute Gasteiger partial charge is 0.308 e. The van der Waals surface area contributed by atoms with Crippen LogP contribution in [-0.4, -0.2) is 31.3 Å². The van der Waals surface area contributed by atoms with Crippen molar-refractivity contribution in [2.75, 3.05) is 0 Å². The Morgan fingerprint density at radius 3 is 2.75 bits per heavy atom. The van der Waals surface area contributed by atoms with E-state index < -0.39 is 17.9 Å². The highest BCUT2D eigenvalue weighted by Crippen LogP contribution is 2.27. The maximum absolute atomic E-state index is 13.1. The van der Waals surface area contributed by atoms with Crippen LogP contribution < -0.4 is 0 Å². The summed E-state index contributed by atoms with van der Waals surface area (Å²) in [6.45, 7) is 3.32. The number of hydrogen-bond donors (Lipinski definition) is 1. The first kappa shape index (κ1) is 14.8. The van der Waals surface area contributed by atoms with Crippen molar-refractivity contribution in [3.8, 4) is 11.4 Å². The summed E-state index contributed by atoms with van der Waals surface area (Å²) in [7, 11) is 0. The average molecular weight is 390 g/mol. The molecule has 0 radical (unpaired) electrons. The first-order valence-corrected chi connectivity index (χ1v) is 6.95. The third-order valence-corrected chi connectivity index (χ3v) is 4.06. The number of benzene rings is 1. The summed E-state index contributed by atoms with van der Waals surface area (Å²) < 4.78 is 15.3. The molecule has 20 heavy (non-hydrogen) atoms. The van der Waals surface area contributed by atoms with E-state index in [2.05, 4.69) is 15.5 Å². The van der Waals surface area contributed by atoms with Crippen LogP contribution in [0.25, 0.3) is 11.4 Å². The zero-order valence-electron chi connectivity index (χ0n) is 10.8. The van der Waals surface area contributed by atoms with Gasteiger partial charge in [0.1, 0.15) is 5.82 Å². The number of halogens is 2. The van der Waals surface area contributed by atoms with Gasteiger partial charge in [-0.1, -0.05) is 0 Å². The van der Waals surface area contributed by atoms with E-state index in [0.717, 1.165) is 0 Å². The summed E-state index contributed by atoms with van der Waals surface area (Å²) in [5, 5.41) is 20.4. The standard InChI is InChI=1S/C12H12FIN4O2/c1-6(12(19)20)7(2)18-11(15-16-17-18)9-4-3-8(13)5-10(9)14/h3-7H,1-2H3,(H,19,20). The largest absolute Gasteiger partial charge is 0.481 e. The van der Waals surface area contributed by atoms with E-state index in [1.165, 1.54) is 16.8 Å². The van der Waals surface area contributed by atoms with Gasteiger partial charge in [-0.2, -0.15) is 0 Å². The highest BCUT2D eigenvalue weighted by atomic mass is 127. The normalized spacial score (nSPS) is 14.0. The Balaban J connectivity index is 2.45. The lowest BCUT2D eigenvalue weighted by Gasteiger charge is -2.17. The van der Waals surface area contributed by atoms with Crippen molar-refractivity contribution >= 4 is 28.6 Å². The van der Waals surface area contributed by atoms with Crippen LogP contribution in [-0.2, 0) is 4.79 Å². The fraction of sp³-hybridized carbons (Fsp3) is 0.333. The predicted octanol–water partition coefficient (Wildman–Crippen LogP) is 2.37. The molecule has 1 N–H and O–H groups in total. The molecular weight excluding hydrogens is 378 g/mol. The lowest BCUT2D eigenvalue weighted by Crippen LogP contribution is -2.23. The molecule has 0 saturated carbocycles. The summed E-state index contributed by atoms with van der Waals surface area (Å²) in [5.41, 5.74) is 0.668. The van der Waals surface area contributed by atoms with E-state index in [4.69, 9.17) is 5.11 Å². The molecule has 2 atom stereocenters. The molecule has 0 spiro atoms. The summed E-state index contributed by atoms with van der Waals surface area (Å²) in [6, 6.07) is 3.86. The summed E-state index contributed by atoms with van der Waals surface area (Å²) in [6.07, 6.45) is 0. The minimum atomic E-state index is -0.923. The third kappa shape index (κ3) is 2.79. The second-order valence-electron chi connectivity index (χ2n) is 4.44. The molecule has 1 aromatic heterocycles. The molecule has 8 heteroatoms. The van der Waals surface area contributed by atoms with Gasteiger partial charge in [0, 0.05) is 9.13 Å². The molecule has 0 aliphatic carbocycles. The van der Waals surface area contributed by atoms with E-state index in [-0.39, 0.29) is 5.82 Å². The number of carbonyl (C=O) groups is 1. The molecule has 1 aromatic carbocycles. The van der Waals surface area contributed by atoms with Crippen LogP contribution in [0.2, 0.25) is 0 Å². The van der Waals surface area contributed by atoms with Gasteiger partial charge in [-0.25, -0.2) is 9.07 Å². The summed E-state index contributed by atoms with van der Waals surface area (Å²) in [4.78, 5) is 11.1. The Morgan fingerprint density at radius 2 is 2.15 bits per heavy atom. The van der Waals surface area contributed by atoms with Crippen LogP contribution in [0.5, 0.6) is 0 Å². The lowest BCUT2D eigenvalue weighted by molar-refractivity contribution is -0.142. The second-order valence-corrected chi connectivity index (χ2v) is 5.60. The van der Waals surface area contributed by atoms with Gasteiger partial charge in [0.05, 0.1) is 12.0 Å². The molecule has 0 fully saturated rings. The van der Waals surface area contributed by atoms with Crippen molar-refractivity contribution in [3.05, 3.63) is 27.6 Å². The van der Waals surface area contributed by atoms with Crippen LogP contribution in [0.15, 0.2) is 18.2 Å². The Hall–Kier alpha value is -1.58. The summed E-state index contributed by atoms with van der Waals surface area (Å²) >= 11 is 1.99. The van der Waals surface area contributed by atoms with E-state index in [0.29, 0.717) is 15.0 Å². The van der Waals surface area contributed by atoms with Crippen molar-refractivity contribution in [1.82, 2.24) is 20.2 Å². The van der Waals surface area contributed by atoms with Gasteiger partial charge in [0.25, 0.3) is 0 Å². The molecule has 0 amide bonds. The van der Waals surface area contributed by atoms with Gasteiger partial charge in [-0.05, 0) is 65.1 Å². The molecular formula is C12H12FIN4O2. The monoisotopic (exact) mass is 390 g/mol. The van der Waals surface area contributed by atoms with Crippen LogP contribution in [0.1, 0.15) is 19.9 Å². The quantitative estimate of drug-likeness (QED) is 0.811. The molecule has 0 bridgehead atoms. The van der Waals surface area contributed by atoms with Crippen LogP contribution in [0.3, 0.4) is 0 Å². The minimum Gasteiger partial charge on any atom is -0.481 e. The van der Waals surface area contributed by atoms with E-state index in [1.54, 1.807) is 19.9 Å². The number of nitrogens with zero attached hydrogens (tertiary/aromatic N) is 4. The Morgan fingerprint density at radius 1 is 1.45 bits per heavy atom. The molecule has 2 aromatic rings. The van der Waals surface area contributed by atoms with Gasteiger partial charge in [0.15, 0.2) is 5.82 Å². The average Bonchev–Trinajstić information content (AvgIpc) is 2.85. The maximum atomic E-state index is 13.1. The van der Waals surface area contributed by atoms with Crippen LogP contribution in [0, 0.1) is 15.3 Å². The number of tetrazole rings is 1. The molecule has 0 aliphatic rings. The predicted molar refractivity (Wildman–Crippen MR) is 77.4 cm³/mol. The lowest BCUT2D eigenvalue weighted by atomic mass is 10.0.